The van der Waals surface area contributed by atoms with E-state index in [9.17, 15) is 14.9 Å². The Morgan fingerprint density at radius 3 is 2.79 bits per heavy atom. The fourth-order valence-electron chi connectivity index (χ4n) is 3.36. The fourth-order valence-corrected chi connectivity index (χ4v) is 4.37. The van der Waals surface area contributed by atoms with Gasteiger partial charge in [0.1, 0.15) is 0 Å². The van der Waals surface area contributed by atoms with Gasteiger partial charge < -0.3 is 4.74 Å². The fraction of sp³-hybridized carbons (Fsp3) is 0.300. The molecule has 8 heteroatoms. The van der Waals surface area contributed by atoms with Gasteiger partial charge >= 0.3 is 0 Å². The van der Waals surface area contributed by atoms with Crippen molar-refractivity contribution >= 4 is 28.4 Å². The highest BCUT2D eigenvalue weighted by atomic mass is 32.2. The molecule has 0 spiro atoms. The molecule has 0 bridgehead atoms. The molecule has 1 atom stereocenters. The summed E-state index contributed by atoms with van der Waals surface area (Å²) in [7, 11) is 0. The van der Waals surface area contributed by atoms with Crippen LogP contribution in [0.4, 0.5) is 5.69 Å². The number of hydrogen-bond donors (Lipinski definition) is 0. The van der Waals surface area contributed by atoms with Crippen LogP contribution in [0.2, 0.25) is 0 Å². The van der Waals surface area contributed by atoms with Crippen molar-refractivity contribution in [3.05, 3.63) is 74.6 Å². The lowest BCUT2D eigenvalue weighted by Gasteiger charge is -2.16. The lowest BCUT2D eigenvalue weighted by Crippen LogP contribution is -2.28. The first-order valence-corrected chi connectivity index (χ1v) is 10.1. The summed E-state index contributed by atoms with van der Waals surface area (Å²) in [6.07, 6.45) is 1.89. The number of ether oxygens (including phenoxy) is 1. The Morgan fingerprint density at radius 1 is 1.21 bits per heavy atom. The summed E-state index contributed by atoms with van der Waals surface area (Å²) in [5.41, 5.74) is 1.19. The normalized spacial score (nSPS) is 16.5. The second-order valence-electron chi connectivity index (χ2n) is 6.64. The topological polar surface area (TPSA) is 87.3 Å². The smallest absolute Gasteiger partial charge is 0.273 e. The molecule has 0 radical (unpaired) electrons. The molecule has 144 valence electrons. The molecule has 7 nitrogen and oxygen atoms in total. The van der Waals surface area contributed by atoms with Crippen molar-refractivity contribution < 1.29 is 9.66 Å². The Labute approximate surface area is 165 Å². The third kappa shape index (κ3) is 3.79. The summed E-state index contributed by atoms with van der Waals surface area (Å²) in [6.45, 7) is 1.15. The van der Waals surface area contributed by atoms with E-state index in [2.05, 4.69) is 4.98 Å². The summed E-state index contributed by atoms with van der Waals surface area (Å²) in [5, 5.41) is 12.4. The zero-order valence-corrected chi connectivity index (χ0v) is 15.9. The van der Waals surface area contributed by atoms with E-state index in [1.165, 1.54) is 17.8 Å². The van der Waals surface area contributed by atoms with E-state index in [0.717, 1.165) is 12.8 Å². The van der Waals surface area contributed by atoms with Crippen LogP contribution >= 0.6 is 11.8 Å². The van der Waals surface area contributed by atoms with Gasteiger partial charge in [-0.05, 0) is 25.0 Å². The van der Waals surface area contributed by atoms with Gasteiger partial charge in [-0.25, -0.2) is 4.98 Å². The maximum Gasteiger partial charge on any atom is 0.273 e. The number of nitrogens with zero attached hydrogens (tertiary/aromatic N) is 3. The second kappa shape index (κ2) is 8.12. The first-order valence-electron chi connectivity index (χ1n) is 9.10. The van der Waals surface area contributed by atoms with Gasteiger partial charge in [0.05, 0.1) is 28.5 Å². The third-order valence-corrected chi connectivity index (χ3v) is 5.81. The quantitative estimate of drug-likeness (QED) is 0.272. The van der Waals surface area contributed by atoms with Crippen LogP contribution < -0.4 is 5.56 Å². The van der Waals surface area contributed by atoms with Crippen molar-refractivity contribution in [2.24, 2.45) is 0 Å². The van der Waals surface area contributed by atoms with Crippen LogP contribution in [-0.4, -0.2) is 27.2 Å². The average molecular weight is 397 g/mol. The van der Waals surface area contributed by atoms with Crippen LogP contribution in [0.1, 0.15) is 18.4 Å². The standard InChI is InChI=1S/C20H19N3O4S/c24-19-16-8-2-3-9-17(16)21-20(22(19)12-15-7-5-11-27-15)28-13-14-6-1-4-10-18(14)23(25)26/h1-4,6,8-10,15H,5,7,11-13H2/t15-/m1/s1. The van der Waals surface area contributed by atoms with Gasteiger partial charge in [0.25, 0.3) is 11.2 Å². The van der Waals surface area contributed by atoms with Crippen molar-refractivity contribution in [1.29, 1.82) is 0 Å². The Morgan fingerprint density at radius 2 is 2.00 bits per heavy atom. The number of thioether (sulfide) groups is 1. The number of nitro benzene ring substituents is 1. The molecule has 0 amide bonds. The molecule has 28 heavy (non-hydrogen) atoms. The monoisotopic (exact) mass is 397 g/mol. The van der Waals surface area contributed by atoms with Gasteiger partial charge in [-0.3, -0.25) is 19.5 Å². The summed E-state index contributed by atoms with van der Waals surface area (Å²) in [4.78, 5) is 28.6. The predicted molar refractivity (Wildman–Crippen MR) is 108 cm³/mol. The number of nitro groups is 1. The molecule has 4 rings (SSSR count). The molecular formula is C20H19N3O4S. The number of hydrogen-bond acceptors (Lipinski definition) is 6. The summed E-state index contributed by atoms with van der Waals surface area (Å²) in [5.74, 6) is 0.355. The number of para-hydroxylation sites is 2. The van der Waals surface area contributed by atoms with Crippen LogP contribution in [0.5, 0.6) is 0 Å². The van der Waals surface area contributed by atoms with E-state index in [1.807, 2.05) is 18.2 Å². The van der Waals surface area contributed by atoms with Crippen LogP contribution in [0.15, 0.2) is 58.5 Å². The van der Waals surface area contributed by atoms with Gasteiger partial charge in [0.15, 0.2) is 5.16 Å². The molecule has 0 unspecified atom stereocenters. The molecular weight excluding hydrogens is 378 g/mol. The highest BCUT2D eigenvalue weighted by molar-refractivity contribution is 7.98. The van der Waals surface area contributed by atoms with E-state index in [-0.39, 0.29) is 22.3 Å². The van der Waals surface area contributed by atoms with E-state index in [0.29, 0.717) is 40.5 Å². The average Bonchev–Trinajstić information content (AvgIpc) is 3.22. The molecule has 1 saturated heterocycles. The van der Waals surface area contributed by atoms with Gasteiger partial charge in [-0.1, -0.05) is 42.1 Å². The Balaban J connectivity index is 1.70. The summed E-state index contributed by atoms with van der Waals surface area (Å²) < 4.78 is 7.36. The highest BCUT2D eigenvalue weighted by Gasteiger charge is 2.21. The summed E-state index contributed by atoms with van der Waals surface area (Å²) >= 11 is 1.34. The van der Waals surface area contributed by atoms with Crippen molar-refractivity contribution in [3.63, 3.8) is 0 Å². The summed E-state index contributed by atoms with van der Waals surface area (Å²) in [6, 6.07) is 13.9. The van der Waals surface area contributed by atoms with E-state index in [4.69, 9.17) is 4.74 Å². The maximum absolute atomic E-state index is 13.1. The van der Waals surface area contributed by atoms with E-state index < -0.39 is 0 Å². The molecule has 3 aromatic rings. The lowest BCUT2D eigenvalue weighted by atomic mass is 10.2. The highest BCUT2D eigenvalue weighted by Crippen LogP contribution is 2.28. The Kier molecular flexibility index (Phi) is 5.40. The second-order valence-corrected chi connectivity index (χ2v) is 7.58. The zero-order chi connectivity index (χ0) is 19.5. The zero-order valence-electron chi connectivity index (χ0n) is 15.1. The minimum Gasteiger partial charge on any atom is -0.376 e. The van der Waals surface area contributed by atoms with Crippen molar-refractivity contribution in [2.75, 3.05) is 6.61 Å². The minimum absolute atomic E-state index is 0.00827. The number of rotatable bonds is 6. The number of fused-ring (bicyclic) bond motifs is 1. The number of aromatic nitrogens is 2. The predicted octanol–water partition coefficient (Wildman–Crippen LogP) is 3.78. The SMILES string of the molecule is O=c1c2ccccc2nc(SCc2ccccc2[N+](=O)[O-])n1C[C@H]1CCCO1. The minimum atomic E-state index is -0.386. The van der Waals surface area contributed by atoms with Crippen LogP contribution in [0, 0.1) is 10.1 Å². The van der Waals surface area contributed by atoms with Crippen molar-refractivity contribution in [2.45, 2.75) is 36.4 Å². The van der Waals surface area contributed by atoms with Crippen molar-refractivity contribution in [3.8, 4) is 0 Å². The largest absolute Gasteiger partial charge is 0.376 e. The molecule has 2 aromatic carbocycles. The Bertz CT molecular complexity index is 1080. The van der Waals surface area contributed by atoms with Crippen LogP contribution in [0.3, 0.4) is 0 Å². The maximum atomic E-state index is 13.1. The van der Waals surface area contributed by atoms with Gasteiger partial charge in [0, 0.05) is 24.0 Å². The first kappa shape index (κ1) is 18.6. The molecule has 2 heterocycles. The van der Waals surface area contributed by atoms with Crippen LogP contribution in [-0.2, 0) is 17.0 Å². The lowest BCUT2D eigenvalue weighted by molar-refractivity contribution is -0.385. The van der Waals surface area contributed by atoms with Crippen LogP contribution in [0.25, 0.3) is 10.9 Å². The van der Waals surface area contributed by atoms with Gasteiger partial charge in [-0.15, -0.1) is 0 Å². The van der Waals surface area contributed by atoms with Gasteiger partial charge in [-0.2, -0.15) is 0 Å². The molecule has 0 saturated carbocycles. The van der Waals surface area contributed by atoms with E-state index >= 15 is 0 Å². The third-order valence-electron chi connectivity index (χ3n) is 4.78. The molecule has 1 aliphatic rings. The molecule has 0 N–H and O–H groups in total. The van der Waals surface area contributed by atoms with Gasteiger partial charge in [0.2, 0.25) is 0 Å². The van der Waals surface area contributed by atoms with Crippen molar-refractivity contribution in [1.82, 2.24) is 9.55 Å². The van der Waals surface area contributed by atoms with E-state index in [1.54, 1.807) is 28.8 Å². The molecule has 0 aliphatic carbocycles. The molecule has 1 fully saturated rings. The Hall–Kier alpha value is -2.71. The first-order chi connectivity index (χ1) is 13.6. The molecule has 1 aromatic heterocycles. The molecule has 1 aliphatic heterocycles. The number of benzene rings is 2.